The summed E-state index contributed by atoms with van der Waals surface area (Å²) in [5.74, 6) is 1.63. The van der Waals surface area contributed by atoms with Gasteiger partial charge in [-0.05, 0) is 53.6 Å². The SMILES string of the molecule is Cc1ccccc1-c1oc(NC(=O)Nc2c(C(C)C)cccc2C(C)C)c2ccc(Cl)cc12. The van der Waals surface area contributed by atoms with Crippen molar-refractivity contribution < 1.29 is 9.21 Å². The molecule has 0 spiro atoms. The Morgan fingerprint density at radius 1 is 0.848 bits per heavy atom. The van der Waals surface area contributed by atoms with Crippen LogP contribution in [0.4, 0.5) is 16.4 Å². The van der Waals surface area contributed by atoms with Gasteiger partial charge < -0.3 is 9.73 Å². The van der Waals surface area contributed by atoms with Crippen LogP contribution < -0.4 is 10.6 Å². The van der Waals surface area contributed by atoms with Gasteiger partial charge >= 0.3 is 6.03 Å². The Labute approximate surface area is 200 Å². The number of nitrogens with one attached hydrogen (secondary N) is 2. The number of carbonyl (C=O) groups is 1. The number of anilines is 2. The van der Waals surface area contributed by atoms with E-state index in [-0.39, 0.29) is 17.9 Å². The molecule has 1 heterocycles. The van der Waals surface area contributed by atoms with Crippen LogP contribution in [0.3, 0.4) is 0 Å². The van der Waals surface area contributed by atoms with Crippen LogP contribution >= 0.6 is 11.6 Å². The fourth-order valence-corrected chi connectivity index (χ4v) is 4.35. The Bertz CT molecular complexity index is 1290. The number of halogens is 1. The molecule has 0 fully saturated rings. The molecule has 5 heteroatoms. The van der Waals surface area contributed by atoms with Gasteiger partial charge in [0.1, 0.15) is 5.76 Å². The first-order valence-electron chi connectivity index (χ1n) is 11.2. The Morgan fingerprint density at radius 2 is 1.52 bits per heavy atom. The number of amides is 2. The molecule has 0 bridgehead atoms. The Morgan fingerprint density at radius 3 is 2.15 bits per heavy atom. The molecule has 4 rings (SSSR count). The molecule has 2 amide bonds. The molecule has 0 aliphatic rings. The van der Waals surface area contributed by atoms with Gasteiger partial charge in [-0.3, -0.25) is 5.32 Å². The van der Waals surface area contributed by atoms with E-state index in [9.17, 15) is 4.79 Å². The van der Waals surface area contributed by atoms with Crippen molar-refractivity contribution >= 4 is 40.0 Å². The van der Waals surface area contributed by atoms with Crippen molar-refractivity contribution in [2.75, 3.05) is 10.6 Å². The lowest BCUT2D eigenvalue weighted by Gasteiger charge is -2.20. The van der Waals surface area contributed by atoms with Gasteiger partial charge in [-0.2, -0.15) is 0 Å². The lowest BCUT2D eigenvalue weighted by Crippen LogP contribution is -2.21. The average molecular weight is 461 g/mol. The van der Waals surface area contributed by atoms with Crippen LogP contribution in [0.5, 0.6) is 0 Å². The van der Waals surface area contributed by atoms with Gasteiger partial charge in [0, 0.05) is 27.0 Å². The summed E-state index contributed by atoms with van der Waals surface area (Å²) in [6, 6.07) is 19.4. The summed E-state index contributed by atoms with van der Waals surface area (Å²) in [5.41, 5.74) is 5.11. The summed E-state index contributed by atoms with van der Waals surface area (Å²) in [4.78, 5) is 13.1. The zero-order valence-corrected chi connectivity index (χ0v) is 20.4. The number of carbonyl (C=O) groups excluding carboxylic acids is 1. The quantitative estimate of drug-likeness (QED) is 0.312. The van der Waals surface area contributed by atoms with Crippen LogP contribution in [0.1, 0.15) is 56.2 Å². The molecule has 2 N–H and O–H groups in total. The summed E-state index contributed by atoms with van der Waals surface area (Å²) in [5, 5.41) is 8.30. The Kier molecular flexibility index (Phi) is 6.48. The number of urea groups is 1. The first-order chi connectivity index (χ1) is 15.8. The van der Waals surface area contributed by atoms with E-state index in [0.29, 0.717) is 16.7 Å². The highest BCUT2D eigenvalue weighted by Crippen LogP contribution is 2.40. The molecule has 4 nitrogen and oxygen atoms in total. The van der Waals surface area contributed by atoms with E-state index in [2.05, 4.69) is 50.5 Å². The van der Waals surface area contributed by atoms with Crippen molar-refractivity contribution in [2.45, 2.75) is 46.5 Å². The number of rotatable bonds is 5. The average Bonchev–Trinajstić information content (AvgIpc) is 3.10. The van der Waals surface area contributed by atoms with Gasteiger partial charge in [0.25, 0.3) is 0 Å². The van der Waals surface area contributed by atoms with Crippen molar-refractivity contribution in [3.05, 3.63) is 82.4 Å². The molecule has 0 unspecified atom stereocenters. The third-order valence-electron chi connectivity index (χ3n) is 5.90. The topological polar surface area (TPSA) is 54.3 Å². The van der Waals surface area contributed by atoms with Crippen LogP contribution in [0.25, 0.3) is 22.1 Å². The second-order valence-corrected chi connectivity index (χ2v) is 9.40. The smallest absolute Gasteiger partial charge is 0.326 e. The van der Waals surface area contributed by atoms with E-state index < -0.39 is 0 Å². The summed E-state index contributed by atoms with van der Waals surface area (Å²) >= 11 is 6.29. The second-order valence-electron chi connectivity index (χ2n) is 8.97. The van der Waals surface area contributed by atoms with Gasteiger partial charge in [0.15, 0.2) is 0 Å². The van der Waals surface area contributed by atoms with Crippen molar-refractivity contribution in [3.8, 4) is 11.3 Å². The molecule has 0 radical (unpaired) electrons. The number of hydrogen-bond donors (Lipinski definition) is 2. The maximum absolute atomic E-state index is 13.1. The van der Waals surface area contributed by atoms with Crippen LogP contribution in [-0.4, -0.2) is 6.03 Å². The zero-order valence-electron chi connectivity index (χ0n) is 19.6. The first-order valence-corrected chi connectivity index (χ1v) is 11.6. The molecule has 1 aromatic heterocycles. The third-order valence-corrected chi connectivity index (χ3v) is 6.14. The Balaban J connectivity index is 1.73. The number of fused-ring (bicyclic) bond motifs is 1. The van der Waals surface area contributed by atoms with E-state index in [1.165, 1.54) is 0 Å². The molecule has 0 saturated carbocycles. The standard InChI is InChI=1S/C28H29ClN2O2/c1-16(2)20-11-8-12-21(17(3)4)25(20)30-28(32)31-27-23-14-13-19(29)15-24(23)26(33-27)22-10-7-6-9-18(22)5/h6-17H,1-5H3,(H2,30,31,32). The molecular formula is C28H29ClN2O2. The van der Waals surface area contributed by atoms with Gasteiger partial charge in [0.05, 0.1) is 0 Å². The van der Waals surface area contributed by atoms with E-state index in [0.717, 1.165) is 38.7 Å². The fourth-order valence-electron chi connectivity index (χ4n) is 4.18. The number of hydrogen-bond acceptors (Lipinski definition) is 2. The van der Waals surface area contributed by atoms with Crippen LogP contribution in [0.15, 0.2) is 65.1 Å². The van der Waals surface area contributed by atoms with Crippen molar-refractivity contribution in [1.82, 2.24) is 0 Å². The molecule has 0 aliphatic heterocycles. The number of para-hydroxylation sites is 1. The normalized spacial score (nSPS) is 11.4. The van der Waals surface area contributed by atoms with E-state index in [4.69, 9.17) is 16.0 Å². The summed E-state index contributed by atoms with van der Waals surface area (Å²) < 4.78 is 6.22. The van der Waals surface area contributed by atoms with Gasteiger partial charge in [-0.1, -0.05) is 81.8 Å². The maximum Gasteiger partial charge on any atom is 0.326 e. The van der Waals surface area contributed by atoms with E-state index >= 15 is 0 Å². The zero-order chi connectivity index (χ0) is 23.7. The molecule has 170 valence electrons. The predicted molar refractivity (Wildman–Crippen MR) is 139 cm³/mol. The van der Waals surface area contributed by atoms with Gasteiger partial charge in [-0.15, -0.1) is 0 Å². The highest BCUT2D eigenvalue weighted by atomic mass is 35.5. The molecule has 0 saturated heterocycles. The second kappa shape index (κ2) is 9.32. The summed E-state index contributed by atoms with van der Waals surface area (Å²) in [7, 11) is 0. The van der Waals surface area contributed by atoms with E-state index in [1.54, 1.807) is 6.07 Å². The van der Waals surface area contributed by atoms with Crippen LogP contribution in [-0.2, 0) is 0 Å². The van der Waals surface area contributed by atoms with E-state index in [1.807, 2.05) is 49.4 Å². The van der Waals surface area contributed by atoms with Crippen LogP contribution in [0, 0.1) is 6.92 Å². The van der Waals surface area contributed by atoms with Crippen LogP contribution in [0.2, 0.25) is 5.02 Å². The van der Waals surface area contributed by atoms with Gasteiger partial charge in [0.2, 0.25) is 5.88 Å². The minimum absolute atomic E-state index is 0.276. The van der Waals surface area contributed by atoms with Crippen molar-refractivity contribution in [1.29, 1.82) is 0 Å². The third kappa shape index (κ3) is 4.62. The fraction of sp³-hybridized carbons (Fsp3) is 0.250. The molecular weight excluding hydrogens is 432 g/mol. The largest absolute Gasteiger partial charge is 0.439 e. The lowest BCUT2D eigenvalue weighted by molar-refractivity contribution is 0.261. The Hall–Kier alpha value is -3.24. The summed E-state index contributed by atoms with van der Waals surface area (Å²) in [6.07, 6.45) is 0. The number of aryl methyl sites for hydroxylation is 1. The molecule has 0 atom stereocenters. The maximum atomic E-state index is 13.1. The predicted octanol–water partition coefficient (Wildman–Crippen LogP) is 8.95. The number of furan rings is 1. The first kappa shape index (κ1) is 22.9. The summed E-state index contributed by atoms with van der Waals surface area (Å²) in [6.45, 7) is 10.5. The van der Waals surface area contributed by atoms with Crippen molar-refractivity contribution in [3.63, 3.8) is 0 Å². The highest BCUT2D eigenvalue weighted by molar-refractivity contribution is 6.31. The number of benzene rings is 3. The molecule has 3 aromatic carbocycles. The monoisotopic (exact) mass is 460 g/mol. The minimum Gasteiger partial charge on any atom is -0.439 e. The molecule has 4 aromatic rings. The highest BCUT2D eigenvalue weighted by Gasteiger charge is 2.20. The molecule has 0 aliphatic carbocycles. The molecule has 33 heavy (non-hydrogen) atoms. The van der Waals surface area contributed by atoms with Crippen molar-refractivity contribution in [2.24, 2.45) is 0 Å². The van der Waals surface area contributed by atoms with Gasteiger partial charge in [-0.25, -0.2) is 4.79 Å². The minimum atomic E-state index is -0.341. The lowest BCUT2D eigenvalue weighted by atomic mass is 9.93.